The van der Waals surface area contributed by atoms with Crippen molar-refractivity contribution in [3.8, 4) is 11.4 Å². The highest BCUT2D eigenvalue weighted by atomic mass is 16.4. The van der Waals surface area contributed by atoms with Gasteiger partial charge >= 0.3 is 5.97 Å². The molecule has 9 heteroatoms. The van der Waals surface area contributed by atoms with Gasteiger partial charge in [0.1, 0.15) is 0 Å². The predicted molar refractivity (Wildman–Crippen MR) is 149 cm³/mol. The van der Waals surface area contributed by atoms with Crippen LogP contribution >= 0.6 is 0 Å². The molecule has 0 bridgehead atoms. The third-order valence-corrected chi connectivity index (χ3v) is 6.53. The van der Waals surface area contributed by atoms with Crippen LogP contribution in [0.2, 0.25) is 0 Å². The van der Waals surface area contributed by atoms with Crippen LogP contribution in [-0.4, -0.2) is 45.9 Å². The average Bonchev–Trinajstić information content (AvgIpc) is 2.98. The van der Waals surface area contributed by atoms with Gasteiger partial charge in [-0.3, -0.25) is 9.59 Å². The fraction of sp³-hybridized carbons (Fsp3) is 0.167. The highest BCUT2D eigenvalue weighted by Crippen LogP contribution is 2.27. The Bertz CT molecular complexity index is 1500. The Balaban J connectivity index is 1.41. The lowest BCUT2D eigenvalue weighted by Crippen LogP contribution is -2.29. The van der Waals surface area contributed by atoms with E-state index in [1.54, 1.807) is 12.1 Å². The lowest BCUT2D eigenvalue weighted by Gasteiger charge is -2.29. The first-order chi connectivity index (χ1) is 19.0. The van der Waals surface area contributed by atoms with Gasteiger partial charge < -0.3 is 20.6 Å². The average molecular weight is 522 g/mol. The molecule has 1 fully saturated rings. The Morgan fingerprint density at radius 3 is 2.18 bits per heavy atom. The molecule has 3 N–H and O–H groups in total. The highest BCUT2D eigenvalue weighted by molar-refractivity contribution is 6.13. The summed E-state index contributed by atoms with van der Waals surface area (Å²) in [5.74, 6) is -1.54. The summed E-state index contributed by atoms with van der Waals surface area (Å²) in [6.45, 7) is 1.78. The van der Waals surface area contributed by atoms with E-state index < -0.39 is 17.8 Å². The van der Waals surface area contributed by atoms with E-state index >= 15 is 0 Å². The van der Waals surface area contributed by atoms with Gasteiger partial charge in [-0.1, -0.05) is 36.4 Å². The molecule has 0 spiro atoms. The third-order valence-electron chi connectivity index (χ3n) is 6.53. The second kappa shape index (κ2) is 11.6. The van der Waals surface area contributed by atoms with E-state index in [-0.39, 0.29) is 16.7 Å². The molecule has 9 nitrogen and oxygen atoms in total. The summed E-state index contributed by atoms with van der Waals surface area (Å²) in [7, 11) is 0. The van der Waals surface area contributed by atoms with E-state index in [2.05, 4.69) is 25.5 Å². The van der Waals surface area contributed by atoms with Crippen LogP contribution in [0, 0.1) is 0 Å². The standard InChI is InChI=1S/C30H27N5O4/c36-28(21-10-7-11-22(16-21)30(38)39)34-26-13-12-24(35-14-5-2-6-15-35)17-25(26)29(37)33-23-18-31-27(32-19-23)20-8-3-1-4-9-20/h1,3-4,7-13,16-19H,2,5-6,14-15H2,(H,33,37)(H,34,36)(H,38,39). The molecule has 0 aliphatic carbocycles. The minimum Gasteiger partial charge on any atom is -0.478 e. The third kappa shape index (κ3) is 6.10. The Kier molecular flexibility index (Phi) is 7.58. The number of piperidine rings is 1. The summed E-state index contributed by atoms with van der Waals surface area (Å²) >= 11 is 0. The van der Waals surface area contributed by atoms with Gasteiger partial charge in [0.25, 0.3) is 11.8 Å². The molecular weight excluding hydrogens is 494 g/mol. The van der Waals surface area contributed by atoms with Crippen LogP contribution in [0.15, 0.2) is 85.2 Å². The van der Waals surface area contributed by atoms with Crippen molar-refractivity contribution in [2.24, 2.45) is 0 Å². The zero-order valence-corrected chi connectivity index (χ0v) is 21.1. The molecular formula is C30H27N5O4. The molecule has 1 aromatic heterocycles. The summed E-state index contributed by atoms with van der Waals surface area (Å²) in [6, 6.07) is 20.6. The molecule has 4 aromatic rings. The zero-order valence-electron chi connectivity index (χ0n) is 21.1. The molecule has 1 saturated heterocycles. The molecule has 0 atom stereocenters. The van der Waals surface area contributed by atoms with E-state index in [0.717, 1.165) is 37.2 Å². The number of benzene rings is 3. The molecule has 2 heterocycles. The van der Waals surface area contributed by atoms with Crippen molar-refractivity contribution in [3.63, 3.8) is 0 Å². The number of hydrogen-bond acceptors (Lipinski definition) is 6. The highest BCUT2D eigenvalue weighted by Gasteiger charge is 2.19. The number of anilines is 3. The van der Waals surface area contributed by atoms with Crippen molar-refractivity contribution in [2.45, 2.75) is 19.3 Å². The van der Waals surface area contributed by atoms with Crippen molar-refractivity contribution in [1.82, 2.24) is 9.97 Å². The molecule has 196 valence electrons. The number of carboxylic acids is 1. The number of rotatable bonds is 7. The predicted octanol–water partition coefficient (Wildman–Crippen LogP) is 5.34. The van der Waals surface area contributed by atoms with Crippen LogP contribution < -0.4 is 15.5 Å². The minimum atomic E-state index is -1.13. The van der Waals surface area contributed by atoms with Crippen LogP contribution in [0.5, 0.6) is 0 Å². The Morgan fingerprint density at radius 2 is 1.46 bits per heavy atom. The fourth-order valence-corrected chi connectivity index (χ4v) is 4.49. The Hall–Kier alpha value is -5.05. The van der Waals surface area contributed by atoms with Gasteiger partial charge in [0.15, 0.2) is 5.82 Å². The number of nitrogens with zero attached hydrogens (tertiary/aromatic N) is 3. The maximum absolute atomic E-state index is 13.5. The van der Waals surface area contributed by atoms with Gasteiger partial charge in [0, 0.05) is 29.9 Å². The van der Waals surface area contributed by atoms with Crippen molar-refractivity contribution in [3.05, 3.63) is 102 Å². The summed E-state index contributed by atoms with van der Waals surface area (Å²) in [6.07, 6.45) is 6.40. The van der Waals surface area contributed by atoms with Gasteiger partial charge in [-0.2, -0.15) is 0 Å². The number of carbonyl (C=O) groups is 3. The molecule has 5 rings (SSSR count). The summed E-state index contributed by atoms with van der Waals surface area (Å²) in [4.78, 5) is 48.8. The normalized spacial score (nSPS) is 13.0. The van der Waals surface area contributed by atoms with Crippen molar-refractivity contribution >= 4 is 34.8 Å². The summed E-state index contributed by atoms with van der Waals surface area (Å²) < 4.78 is 0. The first-order valence-electron chi connectivity index (χ1n) is 12.7. The molecule has 0 radical (unpaired) electrons. The van der Waals surface area contributed by atoms with E-state index in [9.17, 15) is 19.5 Å². The SMILES string of the molecule is O=C(O)c1cccc(C(=O)Nc2ccc(N3CCCCC3)cc2C(=O)Nc2cnc(-c3ccccc3)nc2)c1. The minimum absolute atomic E-state index is 0.0000116. The topological polar surface area (TPSA) is 125 Å². The van der Waals surface area contributed by atoms with E-state index in [1.807, 2.05) is 36.4 Å². The van der Waals surface area contributed by atoms with Gasteiger partial charge in [-0.25, -0.2) is 14.8 Å². The number of aromatic carboxylic acids is 1. The summed E-state index contributed by atoms with van der Waals surface area (Å²) in [5, 5.41) is 14.9. The molecule has 0 unspecified atom stereocenters. The second-order valence-electron chi connectivity index (χ2n) is 9.23. The molecule has 1 aliphatic rings. The van der Waals surface area contributed by atoms with Crippen LogP contribution in [0.4, 0.5) is 17.1 Å². The molecule has 0 saturated carbocycles. The van der Waals surface area contributed by atoms with Crippen LogP contribution in [0.3, 0.4) is 0 Å². The number of hydrogen-bond donors (Lipinski definition) is 3. The lowest BCUT2D eigenvalue weighted by molar-refractivity contribution is 0.0696. The Morgan fingerprint density at radius 1 is 0.744 bits per heavy atom. The smallest absolute Gasteiger partial charge is 0.335 e. The van der Waals surface area contributed by atoms with E-state index in [4.69, 9.17) is 0 Å². The van der Waals surface area contributed by atoms with Gasteiger partial charge in [0.2, 0.25) is 0 Å². The number of aromatic nitrogens is 2. The molecule has 3 aromatic carbocycles. The number of amides is 2. The van der Waals surface area contributed by atoms with Crippen molar-refractivity contribution < 1.29 is 19.5 Å². The zero-order chi connectivity index (χ0) is 27.2. The van der Waals surface area contributed by atoms with Crippen molar-refractivity contribution in [2.75, 3.05) is 28.6 Å². The van der Waals surface area contributed by atoms with E-state index in [0.29, 0.717) is 17.2 Å². The molecule has 1 aliphatic heterocycles. The fourth-order valence-electron chi connectivity index (χ4n) is 4.49. The van der Waals surface area contributed by atoms with Crippen LogP contribution in [0.1, 0.15) is 50.3 Å². The monoisotopic (exact) mass is 521 g/mol. The molecule has 2 amide bonds. The molecule has 39 heavy (non-hydrogen) atoms. The quantitative estimate of drug-likeness (QED) is 0.300. The number of nitrogens with one attached hydrogen (secondary N) is 2. The maximum Gasteiger partial charge on any atom is 0.335 e. The largest absolute Gasteiger partial charge is 0.478 e. The first kappa shape index (κ1) is 25.6. The maximum atomic E-state index is 13.5. The number of carboxylic acid groups (broad SMARTS) is 1. The Labute approximate surface area is 225 Å². The number of carbonyl (C=O) groups excluding carboxylic acids is 2. The first-order valence-corrected chi connectivity index (χ1v) is 12.7. The van der Waals surface area contributed by atoms with Crippen molar-refractivity contribution in [1.29, 1.82) is 0 Å². The van der Waals surface area contributed by atoms with Crippen LogP contribution in [-0.2, 0) is 0 Å². The van der Waals surface area contributed by atoms with Gasteiger partial charge in [-0.05, 0) is 55.7 Å². The van der Waals surface area contributed by atoms with Gasteiger partial charge in [0.05, 0.1) is 34.9 Å². The van der Waals surface area contributed by atoms with Crippen LogP contribution in [0.25, 0.3) is 11.4 Å². The van der Waals surface area contributed by atoms with Gasteiger partial charge in [-0.15, -0.1) is 0 Å². The second-order valence-corrected chi connectivity index (χ2v) is 9.23. The van der Waals surface area contributed by atoms with E-state index in [1.165, 1.54) is 43.1 Å². The lowest BCUT2D eigenvalue weighted by atomic mass is 10.1. The summed E-state index contributed by atoms with van der Waals surface area (Å²) in [5.41, 5.74) is 2.91.